The summed E-state index contributed by atoms with van der Waals surface area (Å²) in [5.74, 6) is 0. The number of nitrogens with zero attached hydrogens (tertiary/aromatic N) is 1. The summed E-state index contributed by atoms with van der Waals surface area (Å²) in [4.78, 5) is 0. The largest absolute Gasteiger partial charge is 0.313 e. The third-order valence-electron chi connectivity index (χ3n) is 1.97. The average molecular weight is 168 g/mol. The standard InChI is InChI=1S/C10H20N2/c1-3-4-5-7-10(2)12-9-6-8-11/h10,12H,3-7,9H2,1-2H3/t10-/m1/s1. The highest BCUT2D eigenvalue weighted by Gasteiger charge is 1.98. The Labute approximate surface area is 76.0 Å². The van der Waals surface area contributed by atoms with Crippen molar-refractivity contribution in [2.75, 3.05) is 6.54 Å². The molecule has 70 valence electrons. The van der Waals surface area contributed by atoms with Crippen molar-refractivity contribution in [1.82, 2.24) is 5.32 Å². The molecule has 0 saturated carbocycles. The number of nitrogens with one attached hydrogen (secondary N) is 1. The van der Waals surface area contributed by atoms with Crippen molar-refractivity contribution in [3.05, 3.63) is 0 Å². The molecule has 0 aromatic carbocycles. The van der Waals surface area contributed by atoms with Crippen LogP contribution in [0.1, 0.15) is 46.0 Å². The van der Waals surface area contributed by atoms with Gasteiger partial charge < -0.3 is 5.32 Å². The first kappa shape index (κ1) is 11.4. The van der Waals surface area contributed by atoms with Gasteiger partial charge in [0.2, 0.25) is 0 Å². The Kier molecular flexibility index (Phi) is 8.15. The van der Waals surface area contributed by atoms with Crippen molar-refractivity contribution in [3.8, 4) is 6.07 Å². The van der Waals surface area contributed by atoms with Crippen molar-refractivity contribution in [2.24, 2.45) is 0 Å². The van der Waals surface area contributed by atoms with Crippen LogP contribution in [-0.2, 0) is 0 Å². The Morgan fingerprint density at radius 1 is 1.42 bits per heavy atom. The molecule has 0 radical (unpaired) electrons. The van der Waals surface area contributed by atoms with Gasteiger partial charge in [-0.15, -0.1) is 0 Å². The van der Waals surface area contributed by atoms with Gasteiger partial charge in [-0.3, -0.25) is 0 Å². The molecule has 0 amide bonds. The van der Waals surface area contributed by atoms with E-state index in [0.29, 0.717) is 12.5 Å². The van der Waals surface area contributed by atoms with Crippen LogP contribution in [0, 0.1) is 11.3 Å². The summed E-state index contributed by atoms with van der Waals surface area (Å²) in [6.07, 6.45) is 5.77. The smallest absolute Gasteiger partial charge is 0.0635 e. The van der Waals surface area contributed by atoms with E-state index in [2.05, 4.69) is 25.2 Å². The van der Waals surface area contributed by atoms with Gasteiger partial charge in [0.05, 0.1) is 6.07 Å². The minimum absolute atomic E-state index is 0.574. The van der Waals surface area contributed by atoms with E-state index in [4.69, 9.17) is 5.26 Å². The minimum atomic E-state index is 0.574. The molecule has 0 bridgehead atoms. The SMILES string of the molecule is CCCCC[C@@H](C)NCCC#N. The number of unbranched alkanes of at least 4 members (excludes halogenated alkanes) is 2. The Morgan fingerprint density at radius 3 is 2.75 bits per heavy atom. The number of nitriles is 1. The molecule has 0 unspecified atom stereocenters. The van der Waals surface area contributed by atoms with Crippen molar-refractivity contribution in [3.63, 3.8) is 0 Å². The van der Waals surface area contributed by atoms with E-state index in [1.165, 1.54) is 25.7 Å². The molecule has 12 heavy (non-hydrogen) atoms. The lowest BCUT2D eigenvalue weighted by Gasteiger charge is -2.11. The van der Waals surface area contributed by atoms with Crippen LogP contribution in [0.3, 0.4) is 0 Å². The van der Waals surface area contributed by atoms with Crippen LogP contribution in [-0.4, -0.2) is 12.6 Å². The summed E-state index contributed by atoms with van der Waals surface area (Å²) >= 11 is 0. The van der Waals surface area contributed by atoms with Crippen molar-refractivity contribution < 1.29 is 0 Å². The predicted molar refractivity (Wildman–Crippen MR) is 51.8 cm³/mol. The Morgan fingerprint density at radius 2 is 2.17 bits per heavy atom. The zero-order valence-corrected chi connectivity index (χ0v) is 8.27. The lowest BCUT2D eigenvalue weighted by atomic mass is 10.1. The zero-order valence-electron chi connectivity index (χ0n) is 8.27. The molecule has 1 atom stereocenters. The summed E-state index contributed by atoms with van der Waals surface area (Å²) in [5.41, 5.74) is 0. The van der Waals surface area contributed by atoms with Crippen molar-refractivity contribution in [1.29, 1.82) is 5.26 Å². The van der Waals surface area contributed by atoms with E-state index in [1.807, 2.05) is 0 Å². The first-order valence-electron chi connectivity index (χ1n) is 4.91. The van der Waals surface area contributed by atoms with E-state index in [1.54, 1.807) is 0 Å². The maximum absolute atomic E-state index is 8.30. The van der Waals surface area contributed by atoms with Crippen molar-refractivity contribution >= 4 is 0 Å². The molecule has 2 heteroatoms. The number of hydrogen-bond donors (Lipinski definition) is 1. The Balaban J connectivity index is 3.11. The van der Waals surface area contributed by atoms with E-state index >= 15 is 0 Å². The lowest BCUT2D eigenvalue weighted by molar-refractivity contribution is 0.493. The Bertz CT molecular complexity index is 126. The molecule has 0 aromatic heterocycles. The molecule has 0 saturated heterocycles. The van der Waals surface area contributed by atoms with Crippen LogP contribution in [0.2, 0.25) is 0 Å². The summed E-state index contributed by atoms with van der Waals surface area (Å²) in [6.45, 7) is 5.24. The predicted octanol–water partition coefficient (Wildman–Crippen LogP) is 2.46. The van der Waals surface area contributed by atoms with Gasteiger partial charge in [0, 0.05) is 19.0 Å². The molecule has 0 rings (SSSR count). The second-order valence-corrected chi connectivity index (χ2v) is 3.26. The third kappa shape index (κ3) is 7.56. The molecule has 0 heterocycles. The second-order valence-electron chi connectivity index (χ2n) is 3.26. The molecular formula is C10H20N2. The van der Waals surface area contributed by atoms with Crippen molar-refractivity contribution in [2.45, 2.75) is 52.0 Å². The highest BCUT2D eigenvalue weighted by atomic mass is 14.9. The van der Waals surface area contributed by atoms with Gasteiger partial charge in [-0.2, -0.15) is 5.26 Å². The fourth-order valence-corrected chi connectivity index (χ4v) is 1.18. The van der Waals surface area contributed by atoms with Gasteiger partial charge in [-0.05, 0) is 13.3 Å². The van der Waals surface area contributed by atoms with Gasteiger partial charge in [-0.25, -0.2) is 0 Å². The van der Waals surface area contributed by atoms with Crippen LogP contribution >= 0.6 is 0 Å². The molecule has 1 N–H and O–H groups in total. The quantitative estimate of drug-likeness (QED) is 0.593. The first-order chi connectivity index (χ1) is 5.81. The summed E-state index contributed by atoms with van der Waals surface area (Å²) < 4.78 is 0. The molecule has 0 fully saturated rings. The van der Waals surface area contributed by atoms with E-state index < -0.39 is 0 Å². The minimum Gasteiger partial charge on any atom is -0.313 e. The van der Waals surface area contributed by atoms with Crippen LogP contribution in [0.5, 0.6) is 0 Å². The molecule has 0 aromatic rings. The topological polar surface area (TPSA) is 35.8 Å². The maximum atomic E-state index is 8.30. The zero-order chi connectivity index (χ0) is 9.23. The molecule has 0 spiro atoms. The molecule has 0 aliphatic carbocycles. The highest BCUT2D eigenvalue weighted by Crippen LogP contribution is 2.02. The lowest BCUT2D eigenvalue weighted by Crippen LogP contribution is -2.26. The number of hydrogen-bond acceptors (Lipinski definition) is 2. The van der Waals surface area contributed by atoms with Crippen LogP contribution < -0.4 is 5.32 Å². The van der Waals surface area contributed by atoms with E-state index in [9.17, 15) is 0 Å². The van der Waals surface area contributed by atoms with E-state index in [-0.39, 0.29) is 0 Å². The fraction of sp³-hybridized carbons (Fsp3) is 0.900. The van der Waals surface area contributed by atoms with Gasteiger partial charge in [0.15, 0.2) is 0 Å². The number of rotatable bonds is 7. The second kappa shape index (κ2) is 8.55. The molecule has 2 nitrogen and oxygen atoms in total. The van der Waals surface area contributed by atoms with Crippen LogP contribution in [0.4, 0.5) is 0 Å². The Hall–Kier alpha value is -0.550. The van der Waals surface area contributed by atoms with Gasteiger partial charge in [0.1, 0.15) is 0 Å². The monoisotopic (exact) mass is 168 g/mol. The normalized spacial score (nSPS) is 12.4. The molecule has 0 aliphatic rings. The van der Waals surface area contributed by atoms with Gasteiger partial charge in [-0.1, -0.05) is 26.2 Å². The molecule has 0 aliphatic heterocycles. The summed E-state index contributed by atoms with van der Waals surface area (Å²) in [6, 6.07) is 2.70. The molecular weight excluding hydrogens is 148 g/mol. The summed E-state index contributed by atoms with van der Waals surface area (Å²) in [5, 5.41) is 11.6. The highest BCUT2D eigenvalue weighted by molar-refractivity contribution is 4.71. The van der Waals surface area contributed by atoms with Crippen LogP contribution in [0.15, 0.2) is 0 Å². The van der Waals surface area contributed by atoms with Crippen LogP contribution in [0.25, 0.3) is 0 Å². The first-order valence-corrected chi connectivity index (χ1v) is 4.91. The fourth-order valence-electron chi connectivity index (χ4n) is 1.18. The maximum Gasteiger partial charge on any atom is 0.0635 e. The average Bonchev–Trinajstić information content (AvgIpc) is 2.06. The third-order valence-corrected chi connectivity index (χ3v) is 1.97. The van der Waals surface area contributed by atoms with Gasteiger partial charge in [0.25, 0.3) is 0 Å². The van der Waals surface area contributed by atoms with Gasteiger partial charge >= 0.3 is 0 Å². The van der Waals surface area contributed by atoms with E-state index in [0.717, 1.165) is 6.54 Å². The summed E-state index contributed by atoms with van der Waals surface area (Å²) in [7, 11) is 0.